The van der Waals surface area contributed by atoms with Crippen molar-refractivity contribution >= 4 is 22.9 Å². The average molecular weight is 426 g/mol. The standard InChI is InChI=1S/C23H31N5OS/c1-15(2)24-23(29)8-7-20-16(3)25-22-12-21(26-28(22)17(20)4)18-9-10-27(13-18)14-19-6-5-11-30-19/h5-6,11-12,15,18H,7-10,13-14H2,1-4H3,(H,24,29)/t18-/m0/s1. The van der Waals surface area contributed by atoms with E-state index in [9.17, 15) is 4.79 Å². The van der Waals surface area contributed by atoms with Crippen molar-refractivity contribution in [3.05, 3.63) is 51.1 Å². The van der Waals surface area contributed by atoms with Crippen LogP contribution in [0.5, 0.6) is 0 Å². The number of thiophene rings is 1. The molecule has 4 rings (SSSR count). The van der Waals surface area contributed by atoms with Gasteiger partial charge in [-0.15, -0.1) is 11.3 Å². The summed E-state index contributed by atoms with van der Waals surface area (Å²) in [6, 6.07) is 6.65. The normalized spacial score (nSPS) is 17.3. The van der Waals surface area contributed by atoms with E-state index in [2.05, 4.69) is 40.7 Å². The van der Waals surface area contributed by atoms with Crippen molar-refractivity contribution in [2.75, 3.05) is 13.1 Å². The summed E-state index contributed by atoms with van der Waals surface area (Å²) in [5, 5.41) is 10.0. The summed E-state index contributed by atoms with van der Waals surface area (Å²) < 4.78 is 1.97. The third-order valence-electron chi connectivity index (χ3n) is 5.88. The van der Waals surface area contributed by atoms with E-state index >= 15 is 0 Å². The summed E-state index contributed by atoms with van der Waals surface area (Å²) in [6.07, 6.45) is 2.30. The van der Waals surface area contributed by atoms with Crippen LogP contribution in [-0.2, 0) is 17.8 Å². The number of carbonyl (C=O) groups is 1. The molecule has 1 aliphatic rings. The Kier molecular flexibility index (Phi) is 6.20. The highest BCUT2D eigenvalue weighted by Gasteiger charge is 2.27. The van der Waals surface area contributed by atoms with Gasteiger partial charge < -0.3 is 5.32 Å². The van der Waals surface area contributed by atoms with Crippen molar-refractivity contribution in [3.8, 4) is 0 Å². The summed E-state index contributed by atoms with van der Waals surface area (Å²) in [5.74, 6) is 0.536. The van der Waals surface area contributed by atoms with Crippen molar-refractivity contribution in [1.82, 2.24) is 24.8 Å². The van der Waals surface area contributed by atoms with Crippen LogP contribution in [0.25, 0.3) is 5.65 Å². The third-order valence-corrected chi connectivity index (χ3v) is 6.75. The second kappa shape index (κ2) is 8.86. The molecule has 1 atom stereocenters. The highest BCUT2D eigenvalue weighted by Crippen LogP contribution is 2.29. The molecule has 1 N–H and O–H groups in total. The SMILES string of the molecule is Cc1nc2cc([C@H]3CCN(Cc4cccs4)C3)nn2c(C)c1CCC(=O)NC(C)C. The highest BCUT2D eigenvalue weighted by atomic mass is 32.1. The minimum absolute atomic E-state index is 0.0850. The third kappa shape index (κ3) is 4.57. The molecule has 0 bridgehead atoms. The predicted octanol–water partition coefficient (Wildman–Crippen LogP) is 3.85. The van der Waals surface area contributed by atoms with Crippen LogP contribution in [0.15, 0.2) is 23.6 Å². The predicted molar refractivity (Wildman–Crippen MR) is 121 cm³/mol. The van der Waals surface area contributed by atoms with Gasteiger partial charge in [0, 0.05) is 53.8 Å². The molecule has 30 heavy (non-hydrogen) atoms. The molecular weight excluding hydrogens is 394 g/mol. The Morgan fingerprint density at radius 2 is 2.20 bits per heavy atom. The topological polar surface area (TPSA) is 62.5 Å². The fourth-order valence-corrected chi connectivity index (χ4v) is 5.13. The number of hydrogen-bond acceptors (Lipinski definition) is 5. The molecule has 0 saturated carbocycles. The van der Waals surface area contributed by atoms with Crippen LogP contribution < -0.4 is 5.32 Å². The van der Waals surface area contributed by atoms with Crippen LogP contribution in [-0.4, -0.2) is 44.5 Å². The molecule has 160 valence electrons. The summed E-state index contributed by atoms with van der Waals surface area (Å²) in [6.45, 7) is 11.3. The van der Waals surface area contributed by atoms with Crippen LogP contribution in [0.2, 0.25) is 0 Å². The van der Waals surface area contributed by atoms with Gasteiger partial charge in [0.15, 0.2) is 5.65 Å². The summed E-state index contributed by atoms with van der Waals surface area (Å²) in [5.41, 5.74) is 5.26. The zero-order valence-electron chi connectivity index (χ0n) is 18.3. The van der Waals surface area contributed by atoms with Crippen LogP contribution in [0, 0.1) is 13.8 Å². The van der Waals surface area contributed by atoms with Gasteiger partial charge in [-0.25, -0.2) is 9.50 Å². The second-order valence-corrected chi connectivity index (χ2v) is 9.65. The number of rotatable bonds is 7. The molecule has 6 nitrogen and oxygen atoms in total. The van der Waals surface area contributed by atoms with Gasteiger partial charge >= 0.3 is 0 Å². The molecule has 3 aromatic heterocycles. The maximum Gasteiger partial charge on any atom is 0.220 e. The van der Waals surface area contributed by atoms with Gasteiger partial charge in [0.2, 0.25) is 5.91 Å². The van der Waals surface area contributed by atoms with Gasteiger partial charge in [0.25, 0.3) is 0 Å². The van der Waals surface area contributed by atoms with Gasteiger partial charge in [-0.3, -0.25) is 9.69 Å². The maximum absolute atomic E-state index is 12.1. The maximum atomic E-state index is 12.1. The second-order valence-electron chi connectivity index (χ2n) is 8.62. The first-order valence-electron chi connectivity index (χ1n) is 10.8. The van der Waals surface area contributed by atoms with Crippen molar-refractivity contribution < 1.29 is 4.79 Å². The number of nitrogens with zero attached hydrogens (tertiary/aromatic N) is 4. The Bertz CT molecular complexity index is 1020. The highest BCUT2D eigenvalue weighted by molar-refractivity contribution is 7.09. The molecule has 3 aromatic rings. The van der Waals surface area contributed by atoms with Gasteiger partial charge in [0.1, 0.15) is 0 Å². The number of likely N-dealkylation sites (tertiary alicyclic amines) is 1. The molecule has 1 aliphatic heterocycles. The smallest absolute Gasteiger partial charge is 0.220 e. The molecule has 0 aromatic carbocycles. The Hall–Kier alpha value is -2.25. The Labute approximate surface area is 182 Å². The number of fused-ring (bicyclic) bond motifs is 1. The first kappa shape index (κ1) is 21.0. The van der Waals surface area contributed by atoms with E-state index in [1.54, 1.807) is 0 Å². The molecule has 0 unspecified atom stereocenters. The zero-order valence-corrected chi connectivity index (χ0v) is 19.1. The lowest BCUT2D eigenvalue weighted by Crippen LogP contribution is -2.30. The van der Waals surface area contributed by atoms with E-state index in [1.807, 2.05) is 36.6 Å². The minimum Gasteiger partial charge on any atom is -0.354 e. The van der Waals surface area contributed by atoms with E-state index in [1.165, 1.54) is 4.88 Å². The zero-order chi connectivity index (χ0) is 21.3. The number of amides is 1. The fourth-order valence-electron chi connectivity index (χ4n) is 4.38. The van der Waals surface area contributed by atoms with Crippen molar-refractivity contribution in [2.45, 2.75) is 65.5 Å². The lowest BCUT2D eigenvalue weighted by Gasteiger charge is -2.14. The molecule has 4 heterocycles. The Morgan fingerprint density at radius 1 is 1.37 bits per heavy atom. The van der Waals surface area contributed by atoms with Gasteiger partial charge in [-0.05, 0) is 64.1 Å². The van der Waals surface area contributed by atoms with Crippen LogP contribution in [0.4, 0.5) is 0 Å². The quantitative estimate of drug-likeness (QED) is 0.624. The van der Waals surface area contributed by atoms with Crippen molar-refractivity contribution in [3.63, 3.8) is 0 Å². The Balaban J connectivity index is 1.49. The average Bonchev–Trinajstić information content (AvgIpc) is 3.42. The summed E-state index contributed by atoms with van der Waals surface area (Å²) in [4.78, 5) is 20.8. The number of hydrogen-bond donors (Lipinski definition) is 1. The molecule has 1 saturated heterocycles. The Morgan fingerprint density at radius 3 is 2.93 bits per heavy atom. The van der Waals surface area contributed by atoms with Crippen LogP contribution in [0.3, 0.4) is 0 Å². The monoisotopic (exact) mass is 425 g/mol. The largest absolute Gasteiger partial charge is 0.354 e. The lowest BCUT2D eigenvalue weighted by atomic mass is 10.1. The van der Waals surface area contributed by atoms with E-state index in [0.717, 1.165) is 54.3 Å². The van der Waals surface area contributed by atoms with Crippen molar-refractivity contribution in [1.29, 1.82) is 0 Å². The lowest BCUT2D eigenvalue weighted by molar-refractivity contribution is -0.121. The van der Waals surface area contributed by atoms with Gasteiger partial charge in [-0.2, -0.15) is 5.10 Å². The van der Waals surface area contributed by atoms with E-state index in [0.29, 0.717) is 18.8 Å². The summed E-state index contributed by atoms with van der Waals surface area (Å²) in [7, 11) is 0. The fraction of sp³-hybridized carbons (Fsp3) is 0.522. The van der Waals surface area contributed by atoms with Crippen molar-refractivity contribution in [2.24, 2.45) is 0 Å². The molecule has 0 aliphatic carbocycles. The number of carbonyl (C=O) groups excluding carboxylic acids is 1. The minimum atomic E-state index is 0.0850. The molecule has 1 fully saturated rings. The van der Waals surface area contributed by atoms with Crippen LogP contribution in [0.1, 0.15) is 60.1 Å². The molecular formula is C23H31N5OS. The molecule has 0 spiro atoms. The molecule has 7 heteroatoms. The van der Waals surface area contributed by atoms with E-state index in [4.69, 9.17) is 10.1 Å². The number of aromatic nitrogens is 3. The van der Waals surface area contributed by atoms with E-state index in [-0.39, 0.29) is 11.9 Å². The number of nitrogens with one attached hydrogen (secondary N) is 1. The van der Waals surface area contributed by atoms with E-state index < -0.39 is 0 Å². The van der Waals surface area contributed by atoms with Gasteiger partial charge in [-0.1, -0.05) is 6.07 Å². The first-order chi connectivity index (χ1) is 14.4. The molecule has 1 amide bonds. The van der Waals surface area contributed by atoms with Crippen LogP contribution >= 0.6 is 11.3 Å². The van der Waals surface area contributed by atoms with Gasteiger partial charge in [0.05, 0.1) is 5.69 Å². The molecule has 0 radical (unpaired) electrons. The summed E-state index contributed by atoms with van der Waals surface area (Å²) >= 11 is 1.83. The number of aryl methyl sites for hydroxylation is 2. The first-order valence-corrected chi connectivity index (χ1v) is 11.7.